The normalized spacial score (nSPS) is 11.7. The zero-order valence-corrected chi connectivity index (χ0v) is 6.21. The number of hydrogen-bond donors (Lipinski definition) is 0. The van der Waals surface area contributed by atoms with Crippen LogP contribution in [-0.2, 0) is 12.9 Å². The van der Waals surface area contributed by atoms with Crippen molar-refractivity contribution in [3.8, 4) is 0 Å². The van der Waals surface area contributed by atoms with Crippen LogP contribution >= 0.6 is 0 Å². The van der Waals surface area contributed by atoms with Gasteiger partial charge in [-0.05, 0) is 0 Å². The quantitative estimate of drug-likeness (QED) is 0.304. The minimum atomic E-state index is -4.37. The molecule has 3 radical (unpaired) electrons. The van der Waals surface area contributed by atoms with Gasteiger partial charge in [0.1, 0.15) is 0 Å². The summed E-state index contributed by atoms with van der Waals surface area (Å²) in [6, 6.07) is 0. The second-order valence-corrected chi connectivity index (χ2v) is 2.90. The Bertz CT molecular complexity index is 110. The van der Waals surface area contributed by atoms with E-state index in [1.54, 1.807) is 0 Å². The molecule has 0 rings (SSSR count). The summed E-state index contributed by atoms with van der Waals surface area (Å²) in [4.78, 5) is 0. The Hall–Kier alpha value is 0.669. The molecule has 0 aromatic heterocycles. The molecule has 6 heavy (non-hydrogen) atoms. The van der Waals surface area contributed by atoms with E-state index < -0.39 is 10.4 Å². The first-order valence-corrected chi connectivity index (χ1v) is 3.37. The molecule has 0 spiro atoms. The van der Waals surface area contributed by atoms with Crippen LogP contribution in [0.1, 0.15) is 0 Å². The van der Waals surface area contributed by atoms with Crippen molar-refractivity contribution in [3.63, 3.8) is 0 Å². The second-order valence-electron chi connectivity index (χ2n) is 0.492. The van der Waals surface area contributed by atoms with Crippen molar-refractivity contribution in [2.24, 2.45) is 0 Å². The van der Waals surface area contributed by atoms with Crippen molar-refractivity contribution in [2.75, 3.05) is 0 Å². The van der Waals surface area contributed by atoms with Crippen LogP contribution in [-0.4, -0.2) is 35.9 Å². The van der Waals surface area contributed by atoms with Crippen molar-refractivity contribution >= 4 is 33.3 Å². The summed E-state index contributed by atoms with van der Waals surface area (Å²) in [5.41, 5.74) is 0. The Balaban J connectivity index is 3.85. The maximum atomic E-state index is 9.24. The van der Waals surface area contributed by atoms with Gasteiger partial charge in [-0.25, -0.2) is 0 Å². The van der Waals surface area contributed by atoms with E-state index in [2.05, 4.69) is 2.52 Å². The molecule has 0 aliphatic rings. The molecule has 0 heterocycles. The molecule has 0 aliphatic carbocycles. The van der Waals surface area contributed by atoms with Gasteiger partial charge in [-0.15, -0.1) is 0 Å². The van der Waals surface area contributed by atoms with E-state index >= 15 is 0 Å². The minimum absolute atomic E-state index is 0.250. The Labute approximate surface area is 49.1 Å². The molecule has 0 aliphatic heterocycles. The van der Waals surface area contributed by atoms with Crippen LogP contribution in [0.25, 0.3) is 0 Å². The van der Waals surface area contributed by atoms with Crippen LogP contribution in [0.5, 0.6) is 0 Å². The van der Waals surface area contributed by atoms with Gasteiger partial charge in [0.05, 0.1) is 0 Å². The van der Waals surface area contributed by atoms with Gasteiger partial charge in [-0.2, -0.15) is 0 Å². The fraction of sp³-hybridized carbons (Fsp3) is 0. The zero-order chi connectivity index (χ0) is 5.21. The van der Waals surface area contributed by atoms with E-state index in [1.807, 2.05) is 0 Å². The molecule has 0 saturated carbocycles. The van der Waals surface area contributed by atoms with Gasteiger partial charge in [-0.3, -0.25) is 0 Å². The van der Waals surface area contributed by atoms with Crippen LogP contribution in [0.15, 0.2) is 0 Å². The summed E-state index contributed by atoms with van der Waals surface area (Å²) in [6.45, 7) is 0. The molecular weight excluding hydrogens is 215 g/mol. The Morgan fingerprint density at radius 3 is 1.83 bits per heavy atom. The second kappa shape index (κ2) is 2.10. The summed E-state index contributed by atoms with van der Waals surface area (Å²) in [5, 5.41) is 0. The molecule has 6 heteroatoms. The van der Waals surface area contributed by atoms with E-state index in [0.717, 1.165) is 0 Å². The summed E-state index contributed by atoms with van der Waals surface area (Å²) in [7, 11) is -4.37. The molecule has 0 amide bonds. The van der Waals surface area contributed by atoms with Crippen molar-refractivity contribution in [1.82, 2.24) is 0 Å². The number of hydrogen-bond acceptors (Lipinski definition) is 4. The molecule has 0 bridgehead atoms. The summed E-state index contributed by atoms with van der Waals surface area (Å²) in [6.07, 6.45) is 0. The van der Waals surface area contributed by atoms with Crippen molar-refractivity contribution in [1.29, 1.82) is 0 Å². The predicted octanol–water partition coefficient (Wildman–Crippen LogP) is -1.45. The van der Waals surface area contributed by atoms with E-state index in [0.29, 0.717) is 0 Å². The topological polar surface area (TPSA) is 66.4 Å². The van der Waals surface area contributed by atoms with Gasteiger partial charge in [-0.1, -0.05) is 0 Å². The molecule has 0 atom stereocenters. The van der Waals surface area contributed by atoms with E-state index in [4.69, 9.17) is 0 Å². The summed E-state index contributed by atoms with van der Waals surface area (Å²) < 4.78 is 31.2. The van der Waals surface area contributed by atoms with Crippen LogP contribution in [0.4, 0.5) is 0 Å². The Morgan fingerprint density at radius 2 is 1.83 bits per heavy atom. The molecule has 0 fully saturated rings. The first-order valence-electron chi connectivity index (χ1n) is 0.871. The average Bonchev–Trinajstić information content (AvgIpc) is 1.35. The van der Waals surface area contributed by atoms with Gasteiger partial charge < -0.3 is 0 Å². The fourth-order valence-corrected chi connectivity index (χ4v) is 0. The third-order valence-corrected chi connectivity index (χ3v) is 2.05. The third kappa shape index (κ3) is 4.67. The number of rotatable bonds is 1. The zero-order valence-electron chi connectivity index (χ0n) is 2.54. The van der Waals surface area contributed by atoms with E-state index in [1.165, 1.54) is 0 Å². The Kier molecular flexibility index (Phi) is 2.34. The molecule has 0 aromatic rings. The maximum absolute atomic E-state index is 9.24. The molecule has 35 valence electrons. The third-order valence-electron chi connectivity index (χ3n) is 0.102. The fourth-order valence-electron chi connectivity index (χ4n) is 0. The van der Waals surface area contributed by atoms with E-state index in [9.17, 15) is 13.0 Å². The first-order chi connectivity index (χ1) is 2.56. The van der Waals surface area contributed by atoms with Crippen molar-refractivity contribution in [3.05, 3.63) is 0 Å². The van der Waals surface area contributed by atoms with Crippen LogP contribution in [0, 0.1) is 0 Å². The molecular formula is O4SSn-. The standard InChI is InChI=1S/H2O4S.Sn/c1-5(2,3)4;/h(H2,1,2,3,4);/q;+1/p-2. The molecule has 4 nitrogen and oxygen atoms in total. The van der Waals surface area contributed by atoms with Gasteiger partial charge in [0.2, 0.25) is 0 Å². The molecule has 0 saturated heterocycles. The van der Waals surface area contributed by atoms with Gasteiger partial charge in [0.25, 0.3) is 0 Å². The van der Waals surface area contributed by atoms with Gasteiger partial charge in [0, 0.05) is 0 Å². The van der Waals surface area contributed by atoms with Crippen LogP contribution in [0.2, 0.25) is 0 Å². The average molecular weight is 215 g/mol. The van der Waals surface area contributed by atoms with Gasteiger partial charge in [0.15, 0.2) is 0 Å². The molecule has 0 unspecified atom stereocenters. The van der Waals surface area contributed by atoms with Gasteiger partial charge >= 0.3 is 48.8 Å². The van der Waals surface area contributed by atoms with Crippen molar-refractivity contribution < 1.29 is 15.5 Å². The summed E-state index contributed by atoms with van der Waals surface area (Å²) >= 11 is 0.250. The molecule has 0 aromatic carbocycles. The van der Waals surface area contributed by atoms with E-state index in [-0.39, 0.29) is 22.9 Å². The van der Waals surface area contributed by atoms with Crippen molar-refractivity contribution in [2.45, 2.75) is 0 Å². The Morgan fingerprint density at radius 1 is 1.67 bits per heavy atom. The van der Waals surface area contributed by atoms with Crippen LogP contribution < -0.4 is 0 Å². The summed E-state index contributed by atoms with van der Waals surface area (Å²) in [5.74, 6) is 0. The first kappa shape index (κ1) is 6.67. The predicted molar refractivity (Wildman–Crippen MR) is 16.5 cm³/mol. The molecule has 0 N–H and O–H groups in total. The van der Waals surface area contributed by atoms with Crippen LogP contribution in [0.3, 0.4) is 0 Å². The SMILES string of the molecule is O=S(=O)([O-])[O][Sn]. The monoisotopic (exact) mass is 216 g/mol.